The second kappa shape index (κ2) is 6.03. The van der Waals surface area contributed by atoms with Crippen LogP contribution < -0.4 is 11.1 Å². The molecule has 0 atom stereocenters. The summed E-state index contributed by atoms with van der Waals surface area (Å²) in [5.74, 6) is 0. The number of hydrogen-bond acceptors (Lipinski definition) is 3. The van der Waals surface area contributed by atoms with Gasteiger partial charge in [0.15, 0.2) is 0 Å². The molecule has 15 heavy (non-hydrogen) atoms. The molecule has 0 saturated carbocycles. The van der Waals surface area contributed by atoms with Gasteiger partial charge in [0, 0.05) is 5.69 Å². The van der Waals surface area contributed by atoms with Crippen molar-refractivity contribution < 1.29 is 9.53 Å². The summed E-state index contributed by atoms with van der Waals surface area (Å²) < 4.78 is 4.89. The summed E-state index contributed by atoms with van der Waals surface area (Å²) in [5, 5.41) is 2.63. The first-order valence-electron chi connectivity index (χ1n) is 4.93. The van der Waals surface area contributed by atoms with Gasteiger partial charge in [-0.1, -0.05) is 17.7 Å². The van der Waals surface area contributed by atoms with E-state index in [2.05, 4.69) is 5.32 Å². The molecule has 0 aliphatic carbocycles. The highest BCUT2D eigenvalue weighted by atomic mass is 16.5. The molecule has 0 aliphatic rings. The summed E-state index contributed by atoms with van der Waals surface area (Å²) in [4.78, 5) is 11.2. The summed E-state index contributed by atoms with van der Waals surface area (Å²) in [5.41, 5.74) is 7.16. The topological polar surface area (TPSA) is 64.3 Å². The lowest BCUT2D eigenvalue weighted by atomic mass is 10.2. The van der Waals surface area contributed by atoms with Crippen molar-refractivity contribution in [3.63, 3.8) is 0 Å². The first kappa shape index (κ1) is 11.5. The van der Waals surface area contributed by atoms with Crippen molar-refractivity contribution in [2.24, 2.45) is 5.73 Å². The average Bonchev–Trinajstić information content (AvgIpc) is 2.22. The lowest BCUT2D eigenvalue weighted by Crippen LogP contribution is -2.15. The summed E-state index contributed by atoms with van der Waals surface area (Å²) in [7, 11) is 0. The SMILES string of the molecule is Cc1ccc(NC(=O)OCCCN)cc1. The Morgan fingerprint density at radius 1 is 1.40 bits per heavy atom. The first-order chi connectivity index (χ1) is 7.22. The van der Waals surface area contributed by atoms with Gasteiger partial charge in [-0.25, -0.2) is 4.79 Å². The Balaban J connectivity index is 2.34. The molecule has 0 radical (unpaired) electrons. The monoisotopic (exact) mass is 208 g/mol. The van der Waals surface area contributed by atoms with Crippen molar-refractivity contribution >= 4 is 11.8 Å². The standard InChI is InChI=1S/C11H16N2O2/c1-9-3-5-10(6-4-9)13-11(14)15-8-2-7-12/h3-6H,2,7-8,12H2,1H3,(H,13,14). The van der Waals surface area contributed by atoms with Crippen molar-refractivity contribution in [2.45, 2.75) is 13.3 Å². The molecule has 0 fully saturated rings. The predicted molar refractivity (Wildman–Crippen MR) is 59.8 cm³/mol. The summed E-state index contributed by atoms with van der Waals surface area (Å²) >= 11 is 0. The number of amides is 1. The Hall–Kier alpha value is -1.55. The van der Waals surface area contributed by atoms with Crippen LogP contribution in [0, 0.1) is 6.92 Å². The van der Waals surface area contributed by atoms with Crippen LogP contribution in [-0.4, -0.2) is 19.2 Å². The first-order valence-corrected chi connectivity index (χ1v) is 4.93. The van der Waals surface area contributed by atoms with E-state index in [0.717, 1.165) is 11.3 Å². The lowest BCUT2D eigenvalue weighted by molar-refractivity contribution is 0.161. The zero-order valence-electron chi connectivity index (χ0n) is 8.82. The van der Waals surface area contributed by atoms with E-state index in [1.54, 1.807) is 0 Å². The third-order valence-corrected chi connectivity index (χ3v) is 1.88. The number of anilines is 1. The van der Waals surface area contributed by atoms with Crippen LogP contribution in [0.3, 0.4) is 0 Å². The van der Waals surface area contributed by atoms with E-state index in [0.29, 0.717) is 19.6 Å². The number of rotatable bonds is 4. The molecule has 0 unspecified atom stereocenters. The average molecular weight is 208 g/mol. The summed E-state index contributed by atoms with van der Waals surface area (Å²) in [6.45, 7) is 2.87. The second-order valence-electron chi connectivity index (χ2n) is 3.27. The number of nitrogens with one attached hydrogen (secondary N) is 1. The molecule has 0 saturated heterocycles. The predicted octanol–water partition coefficient (Wildman–Crippen LogP) is 1.89. The Morgan fingerprint density at radius 3 is 2.67 bits per heavy atom. The van der Waals surface area contributed by atoms with Gasteiger partial charge in [-0.3, -0.25) is 5.32 Å². The quantitative estimate of drug-likeness (QED) is 0.743. The van der Waals surface area contributed by atoms with Gasteiger partial charge in [0.2, 0.25) is 0 Å². The largest absolute Gasteiger partial charge is 0.449 e. The van der Waals surface area contributed by atoms with E-state index in [9.17, 15) is 4.79 Å². The number of benzene rings is 1. The van der Waals surface area contributed by atoms with Crippen LogP contribution in [0.15, 0.2) is 24.3 Å². The van der Waals surface area contributed by atoms with Gasteiger partial charge >= 0.3 is 6.09 Å². The zero-order valence-corrected chi connectivity index (χ0v) is 8.82. The third kappa shape index (κ3) is 4.46. The van der Waals surface area contributed by atoms with Gasteiger partial charge in [0.1, 0.15) is 0 Å². The Labute approximate surface area is 89.4 Å². The van der Waals surface area contributed by atoms with Crippen LogP contribution in [0.4, 0.5) is 10.5 Å². The van der Waals surface area contributed by atoms with Gasteiger partial charge in [-0.15, -0.1) is 0 Å². The van der Waals surface area contributed by atoms with Crippen LogP contribution in [-0.2, 0) is 4.74 Å². The van der Waals surface area contributed by atoms with Gasteiger partial charge in [0.05, 0.1) is 6.61 Å². The Kier molecular flexibility index (Phi) is 4.63. The minimum atomic E-state index is -0.438. The number of aryl methyl sites for hydroxylation is 1. The molecule has 4 nitrogen and oxygen atoms in total. The van der Waals surface area contributed by atoms with E-state index in [1.165, 1.54) is 0 Å². The maximum atomic E-state index is 11.2. The molecule has 0 heterocycles. The van der Waals surface area contributed by atoms with Crippen LogP contribution in [0.25, 0.3) is 0 Å². The minimum Gasteiger partial charge on any atom is -0.449 e. The molecule has 1 amide bonds. The second-order valence-corrected chi connectivity index (χ2v) is 3.27. The van der Waals surface area contributed by atoms with Crippen molar-refractivity contribution in [3.8, 4) is 0 Å². The fraction of sp³-hybridized carbons (Fsp3) is 0.364. The van der Waals surface area contributed by atoms with Crippen molar-refractivity contribution in [1.82, 2.24) is 0 Å². The molecule has 1 aromatic rings. The van der Waals surface area contributed by atoms with Crippen LogP contribution in [0.1, 0.15) is 12.0 Å². The smallest absolute Gasteiger partial charge is 0.411 e. The van der Waals surface area contributed by atoms with Crippen molar-refractivity contribution in [3.05, 3.63) is 29.8 Å². The Bertz CT molecular complexity index is 309. The number of carbonyl (C=O) groups excluding carboxylic acids is 1. The van der Waals surface area contributed by atoms with Gasteiger partial charge < -0.3 is 10.5 Å². The summed E-state index contributed by atoms with van der Waals surface area (Å²) in [6.07, 6.45) is 0.244. The molecule has 1 rings (SSSR count). The fourth-order valence-corrected chi connectivity index (χ4v) is 1.04. The third-order valence-electron chi connectivity index (χ3n) is 1.88. The van der Waals surface area contributed by atoms with Crippen LogP contribution in [0.2, 0.25) is 0 Å². The highest BCUT2D eigenvalue weighted by Crippen LogP contribution is 2.08. The van der Waals surface area contributed by atoms with Gasteiger partial charge in [-0.2, -0.15) is 0 Å². The van der Waals surface area contributed by atoms with E-state index in [4.69, 9.17) is 10.5 Å². The highest BCUT2D eigenvalue weighted by Gasteiger charge is 2.01. The van der Waals surface area contributed by atoms with Gasteiger partial charge in [-0.05, 0) is 32.0 Å². The molecule has 0 bridgehead atoms. The van der Waals surface area contributed by atoms with Gasteiger partial charge in [0.25, 0.3) is 0 Å². The number of carbonyl (C=O) groups is 1. The van der Waals surface area contributed by atoms with Crippen LogP contribution >= 0.6 is 0 Å². The minimum absolute atomic E-state index is 0.355. The van der Waals surface area contributed by atoms with Crippen molar-refractivity contribution in [2.75, 3.05) is 18.5 Å². The maximum Gasteiger partial charge on any atom is 0.411 e. The maximum absolute atomic E-state index is 11.2. The molecule has 1 aromatic carbocycles. The molecule has 4 heteroatoms. The summed E-state index contributed by atoms with van der Waals surface area (Å²) in [6, 6.07) is 7.52. The van der Waals surface area contributed by atoms with Crippen LogP contribution in [0.5, 0.6) is 0 Å². The van der Waals surface area contributed by atoms with Crippen molar-refractivity contribution in [1.29, 1.82) is 0 Å². The Morgan fingerprint density at radius 2 is 2.07 bits per heavy atom. The number of nitrogens with two attached hydrogens (primary N) is 1. The highest BCUT2D eigenvalue weighted by molar-refractivity contribution is 5.84. The van der Waals surface area contributed by atoms with E-state index >= 15 is 0 Å². The normalized spacial score (nSPS) is 9.73. The molecular weight excluding hydrogens is 192 g/mol. The molecule has 0 aromatic heterocycles. The number of hydrogen-bond donors (Lipinski definition) is 2. The van der Waals surface area contributed by atoms with E-state index in [-0.39, 0.29) is 0 Å². The molecule has 3 N–H and O–H groups in total. The lowest BCUT2D eigenvalue weighted by Gasteiger charge is -2.06. The molecule has 0 spiro atoms. The molecule has 0 aliphatic heterocycles. The number of ether oxygens (including phenoxy) is 1. The zero-order chi connectivity index (χ0) is 11.1. The van der Waals surface area contributed by atoms with E-state index in [1.807, 2.05) is 31.2 Å². The molecule has 82 valence electrons. The molecular formula is C11H16N2O2. The fourth-order valence-electron chi connectivity index (χ4n) is 1.04. The van der Waals surface area contributed by atoms with E-state index < -0.39 is 6.09 Å².